The van der Waals surface area contributed by atoms with Gasteiger partial charge in [0.2, 0.25) is 10.0 Å². The highest BCUT2D eigenvalue weighted by molar-refractivity contribution is 7.88. The van der Waals surface area contributed by atoms with Crippen molar-refractivity contribution in [2.75, 3.05) is 32.5 Å². The van der Waals surface area contributed by atoms with Crippen molar-refractivity contribution in [3.05, 3.63) is 36.2 Å². The highest BCUT2D eigenvalue weighted by Gasteiger charge is 2.42. The minimum atomic E-state index is -3.26. The maximum Gasteiger partial charge on any atom is 0.257 e. The molecule has 1 amide bonds. The van der Waals surface area contributed by atoms with E-state index in [0.717, 1.165) is 18.2 Å². The first-order chi connectivity index (χ1) is 12.4. The molecule has 3 atom stereocenters. The quantitative estimate of drug-likeness (QED) is 0.829. The molecular formula is C17H22N4O4S. The van der Waals surface area contributed by atoms with E-state index in [1.54, 1.807) is 10.7 Å². The van der Waals surface area contributed by atoms with Crippen LogP contribution in [0.15, 0.2) is 30.6 Å². The van der Waals surface area contributed by atoms with Crippen LogP contribution >= 0.6 is 0 Å². The van der Waals surface area contributed by atoms with Crippen LogP contribution in [-0.4, -0.2) is 67.4 Å². The lowest BCUT2D eigenvalue weighted by Gasteiger charge is -2.36. The SMILES string of the molecule is CS(=O)(=O)NC[C@H]1OC[C@@H]2CCN(C(=O)c3cnn4ccccc34)C[C@@H]21. The van der Waals surface area contributed by atoms with Crippen LogP contribution in [0.4, 0.5) is 0 Å². The molecule has 0 aromatic carbocycles. The van der Waals surface area contributed by atoms with Gasteiger partial charge in [0.15, 0.2) is 0 Å². The molecule has 9 heteroatoms. The van der Waals surface area contributed by atoms with E-state index in [2.05, 4.69) is 9.82 Å². The van der Waals surface area contributed by atoms with E-state index in [4.69, 9.17) is 4.74 Å². The number of carbonyl (C=O) groups is 1. The average Bonchev–Trinajstić information content (AvgIpc) is 3.22. The number of fused-ring (bicyclic) bond motifs is 2. The predicted molar refractivity (Wildman–Crippen MR) is 95.3 cm³/mol. The van der Waals surface area contributed by atoms with Gasteiger partial charge in [-0.1, -0.05) is 6.07 Å². The van der Waals surface area contributed by atoms with Crippen LogP contribution in [0.25, 0.3) is 5.52 Å². The third-order valence-corrected chi connectivity index (χ3v) is 5.99. The second kappa shape index (κ2) is 6.64. The Labute approximate surface area is 152 Å². The zero-order valence-corrected chi connectivity index (χ0v) is 15.4. The van der Waals surface area contributed by atoms with Gasteiger partial charge in [-0.3, -0.25) is 4.79 Å². The molecule has 0 radical (unpaired) electrons. The molecule has 8 nitrogen and oxygen atoms in total. The summed E-state index contributed by atoms with van der Waals surface area (Å²) in [5.74, 6) is 0.476. The fraction of sp³-hybridized carbons (Fsp3) is 0.529. The van der Waals surface area contributed by atoms with Gasteiger partial charge in [-0.2, -0.15) is 5.10 Å². The number of ether oxygens (including phenoxy) is 1. The largest absolute Gasteiger partial charge is 0.376 e. The predicted octanol–water partition coefficient (Wildman–Crippen LogP) is 0.361. The van der Waals surface area contributed by atoms with Gasteiger partial charge in [-0.25, -0.2) is 17.7 Å². The maximum absolute atomic E-state index is 13.0. The van der Waals surface area contributed by atoms with Crippen LogP contribution in [0.3, 0.4) is 0 Å². The molecule has 0 spiro atoms. The number of rotatable bonds is 4. The van der Waals surface area contributed by atoms with E-state index < -0.39 is 10.0 Å². The first kappa shape index (κ1) is 17.4. The van der Waals surface area contributed by atoms with Gasteiger partial charge in [-0.05, 0) is 24.5 Å². The molecule has 140 valence electrons. The second-order valence-electron chi connectivity index (χ2n) is 7.04. The van der Waals surface area contributed by atoms with Crippen LogP contribution in [-0.2, 0) is 14.8 Å². The molecule has 2 saturated heterocycles. The Balaban J connectivity index is 1.49. The van der Waals surface area contributed by atoms with Gasteiger partial charge in [0.05, 0.1) is 36.2 Å². The lowest BCUT2D eigenvalue weighted by atomic mass is 9.84. The summed E-state index contributed by atoms with van der Waals surface area (Å²) in [5.41, 5.74) is 1.38. The minimum Gasteiger partial charge on any atom is -0.376 e. The molecule has 2 fully saturated rings. The minimum absolute atomic E-state index is 0.0358. The van der Waals surface area contributed by atoms with Gasteiger partial charge in [0.25, 0.3) is 5.91 Å². The maximum atomic E-state index is 13.0. The summed E-state index contributed by atoms with van der Waals surface area (Å²) in [6.07, 6.45) is 5.23. The summed E-state index contributed by atoms with van der Waals surface area (Å²) in [6, 6.07) is 5.64. The van der Waals surface area contributed by atoms with E-state index in [1.165, 1.54) is 0 Å². The standard InChI is InChI=1S/C17H22N4O4S/c1-26(23,24)19-9-16-14-10-20(7-5-12(14)11-25-16)17(22)13-8-18-21-6-3-2-4-15(13)21/h2-4,6,8,12,14,16,19H,5,7,9-11H2,1H3/t12-,14-,16+/m0/s1. The van der Waals surface area contributed by atoms with Gasteiger partial charge >= 0.3 is 0 Å². The van der Waals surface area contributed by atoms with Crippen molar-refractivity contribution >= 4 is 21.4 Å². The Morgan fingerprint density at radius 1 is 1.42 bits per heavy atom. The molecule has 0 aliphatic carbocycles. The number of sulfonamides is 1. The van der Waals surface area contributed by atoms with Crippen LogP contribution in [0, 0.1) is 11.8 Å². The lowest BCUT2D eigenvalue weighted by Crippen LogP contribution is -2.47. The second-order valence-corrected chi connectivity index (χ2v) is 8.88. The molecular weight excluding hydrogens is 356 g/mol. The Kier molecular flexibility index (Phi) is 4.45. The van der Waals surface area contributed by atoms with Gasteiger partial charge < -0.3 is 9.64 Å². The number of pyridine rings is 1. The Bertz CT molecular complexity index is 926. The molecule has 4 rings (SSSR count). The highest BCUT2D eigenvalue weighted by atomic mass is 32.2. The van der Waals surface area contributed by atoms with Crippen LogP contribution in [0.5, 0.6) is 0 Å². The van der Waals surface area contributed by atoms with E-state index >= 15 is 0 Å². The summed E-state index contributed by atoms with van der Waals surface area (Å²) in [5, 5.41) is 4.24. The number of carbonyl (C=O) groups excluding carboxylic acids is 1. The van der Waals surface area contributed by atoms with Crippen molar-refractivity contribution in [1.29, 1.82) is 0 Å². The van der Waals surface area contributed by atoms with Crippen molar-refractivity contribution in [3.8, 4) is 0 Å². The summed E-state index contributed by atoms with van der Waals surface area (Å²) >= 11 is 0. The number of aromatic nitrogens is 2. The number of hydrogen-bond acceptors (Lipinski definition) is 5. The Morgan fingerprint density at radius 2 is 2.27 bits per heavy atom. The lowest BCUT2D eigenvalue weighted by molar-refractivity contribution is 0.0564. The molecule has 2 aromatic heterocycles. The van der Waals surface area contributed by atoms with Crippen molar-refractivity contribution < 1.29 is 17.9 Å². The number of nitrogens with one attached hydrogen (secondary N) is 1. The Morgan fingerprint density at radius 3 is 3.08 bits per heavy atom. The van der Waals surface area contributed by atoms with Gasteiger partial charge in [-0.15, -0.1) is 0 Å². The normalized spacial score (nSPS) is 26.2. The monoisotopic (exact) mass is 378 g/mol. The van der Waals surface area contributed by atoms with E-state index in [9.17, 15) is 13.2 Å². The molecule has 0 unspecified atom stereocenters. The first-order valence-corrected chi connectivity index (χ1v) is 10.6. The third kappa shape index (κ3) is 3.34. The molecule has 0 saturated carbocycles. The molecule has 2 aromatic rings. The van der Waals surface area contributed by atoms with Crippen LogP contribution in [0.1, 0.15) is 16.8 Å². The molecule has 1 N–H and O–H groups in total. The zero-order chi connectivity index (χ0) is 18.3. The molecule has 2 aliphatic rings. The van der Waals surface area contributed by atoms with Crippen LogP contribution in [0.2, 0.25) is 0 Å². The van der Waals surface area contributed by atoms with Crippen molar-refractivity contribution in [3.63, 3.8) is 0 Å². The molecule has 4 heterocycles. The molecule has 0 bridgehead atoms. The topological polar surface area (TPSA) is 93.0 Å². The average molecular weight is 378 g/mol. The number of hydrogen-bond donors (Lipinski definition) is 1. The van der Waals surface area contributed by atoms with E-state index in [-0.39, 0.29) is 24.5 Å². The fourth-order valence-electron chi connectivity index (χ4n) is 3.93. The summed E-state index contributed by atoms with van der Waals surface area (Å²) in [6.45, 7) is 2.13. The smallest absolute Gasteiger partial charge is 0.257 e. The highest BCUT2D eigenvalue weighted by Crippen LogP contribution is 2.34. The number of likely N-dealkylation sites (tertiary alicyclic amines) is 1. The van der Waals surface area contributed by atoms with Gasteiger partial charge in [0.1, 0.15) is 0 Å². The van der Waals surface area contributed by atoms with Crippen molar-refractivity contribution in [1.82, 2.24) is 19.2 Å². The first-order valence-electron chi connectivity index (χ1n) is 8.70. The summed E-state index contributed by atoms with van der Waals surface area (Å²) in [4.78, 5) is 14.8. The van der Waals surface area contributed by atoms with E-state index in [0.29, 0.717) is 31.2 Å². The third-order valence-electron chi connectivity index (χ3n) is 5.30. The number of amides is 1. The molecule has 2 aliphatic heterocycles. The number of piperidine rings is 1. The van der Waals surface area contributed by atoms with E-state index in [1.807, 2.05) is 29.3 Å². The van der Waals surface area contributed by atoms with Crippen LogP contribution < -0.4 is 4.72 Å². The number of nitrogens with zero attached hydrogens (tertiary/aromatic N) is 3. The fourth-order valence-corrected chi connectivity index (χ4v) is 4.39. The van der Waals surface area contributed by atoms with Gasteiger partial charge in [0, 0.05) is 31.7 Å². The Hall–Kier alpha value is -1.97. The summed E-state index contributed by atoms with van der Waals surface area (Å²) < 4.78 is 32.7. The van der Waals surface area contributed by atoms with Crippen molar-refractivity contribution in [2.24, 2.45) is 11.8 Å². The summed E-state index contributed by atoms with van der Waals surface area (Å²) in [7, 11) is -3.26. The molecule has 26 heavy (non-hydrogen) atoms. The zero-order valence-electron chi connectivity index (χ0n) is 14.5. The van der Waals surface area contributed by atoms with Crippen molar-refractivity contribution in [2.45, 2.75) is 12.5 Å².